The summed E-state index contributed by atoms with van der Waals surface area (Å²) in [7, 11) is 0. The van der Waals surface area contributed by atoms with E-state index in [-0.39, 0.29) is 33.8 Å². The van der Waals surface area contributed by atoms with Crippen LogP contribution in [-0.4, -0.2) is 5.97 Å². The molecule has 0 fully saturated rings. The van der Waals surface area contributed by atoms with Gasteiger partial charge in [-0.05, 0) is 6.92 Å². The van der Waals surface area contributed by atoms with Gasteiger partial charge >= 0.3 is 29.6 Å². The quantitative estimate of drug-likeness (QED) is 0.288. The maximum atomic E-state index is 8.89. The smallest absolute Gasteiger partial charge is 0.550 e. The van der Waals surface area contributed by atoms with Crippen LogP contribution in [0.5, 0.6) is 0 Å². The molecular formula is C2H9NaO2. The zero-order chi connectivity index (χ0) is 3.58. The van der Waals surface area contributed by atoms with E-state index in [1.54, 1.807) is 0 Å². The van der Waals surface area contributed by atoms with Gasteiger partial charge in [-0.3, -0.25) is 0 Å². The molecule has 0 aromatic carbocycles. The van der Waals surface area contributed by atoms with Crippen molar-refractivity contribution in [1.82, 2.24) is 0 Å². The van der Waals surface area contributed by atoms with Crippen LogP contribution in [0.25, 0.3) is 0 Å². The Morgan fingerprint density at radius 3 is 2.00 bits per heavy atom. The van der Waals surface area contributed by atoms with E-state index in [4.69, 9.17) is 9.90 Å². The largest absolute Gasteiger partial charge is 1.00 e. The number of aliphatic carboxylic acids is 1. The molecular weight excluding hydrogens is 79.0 g/mol. The molecule has 0 saturated carbocycles. The Morgan fingerprint density at radius 2 is 2.00 bits per heavy atom. The van der Waals surface area contributed by atoms with Crippen LogP contribution in [0.3, 0.4) is 0 Å². The second-order valence-corrected chi connectivity index (χ2v) is 0.492. The maximum Gasteiger partial charge on any atom is 1.00 e. The summed E-state index contributed by atoms with van der Waals surface area (Å²) in [6.45, 7) is 0.972. The molecule has 0 saturated heterocycles. The summed E-state index contributed by atoms with van der Waals surface area (Å²) in [6, 6.07) is 0. The van der Waals surface area contributed by atoms with Gasteiger partial charge in [0, 0.05) is 10.2 Å². The molecule has 0 N–H and O–H groups in total. The van der Waals surface area contributed by atoms with Crippen LogP contribution in [0.2, 0.25) is 0 Å². The second-order valence-electron chi connectivity index (χ2n) is 0.492. The van der Waals surface area contributed by atoms with Gasteiger partial charge in [-0.2, -0.15) is 0 Å². The van der Waals surface area contributed by atoms with E-state index in [9.17, 15) is 0 Å². The summed E-state index contributed by atoms with van der Waals surface area (Å²) in [6.07, 6.45) is 0. The Hall–Kier alpha value is 0.470. The van der Waals surface area contributed by atoms with E-state index in [2.05, 4.69) is 0 Å². The molecule has 30 valence electrons. The second kappa shape index (κ2) is 4.47. The van der Waals surface area contributed by atoms with Gasteiger partial charge in [0.15, 0.2) is 0 Å². The fourth-order valence-electron chi connectivity index (χ4n) is 0. The Kier molecular flexibility index (Phi) is 8.11. The third kappa shape index (κ3) is 123. The van der Waals surface area contributed by atoms with Gasteiger partial charge in [0.1, 0.15) is 0 Å². The number of carbonyl (C=O) groups is 1. The molecule has 0 aliphatic carbocycles. The summed E-state index contributed by atoms with van der Waals surface area (Å²) < 4.78 is 0. The van der Waals surface area contributed by atoms with Crippen molar-refractivity contribution < 1.29 is 43.7 Å². The number of hydrogen-bond acceptors (Lipinski definition) is 2. The Balaban J connectivity index is -0.00000000750. The molecule has 0 rings (SSSR count). The summed E-state index contributed by atoms with van der Waals surface area (Å²) in [5, 5.41) is 8.89. The van der Waals surface area contributed by atoms with Crippen LogP contribution in [0.1, 0.15) is 11.2 Å². The average Bonchev–Trinajstić information content (AvgIpc) is 0.811. The van der Waals surface area contributed by atoms with E-state index in [0.717, 1.165) is 6.92 Å². The van der Waals surface area contributed by atoms with E-state index in [1.165, 1.54) is 0 Å². The van der Waals surface area contributed by atoms with Crippen molar-refractivity contribution in [3.63, 3.8) is 0 Å². The Labute approximate surface area is 56.9 Å². The predicted octanol–water partition coefficient (Wildman–Crippen LogP) is -3.50. The number of carboxylic acids is 1. The molecule has 0 heterocycles. The monoisotopic (exact) mass is 88.1 g/mol. The number of carbonyl (C=O) groups excluding carboxylic acids is 1. The fourth-order valence-corrected chi connectivity index (χ4v) is 0. The minimum atomic E-state index is -1.08. The molecule has 2 nitrogen and oxygen atoms in total. The topological polar surface area (TPSA) is 40.1 Å². The van der Waals surface area contributed by atoms with Crippen LogP contribution >= 0.6 is 0 Å². The average molecular weight is 88.1 g/mol. The molecule has 0 aromatic rings. The van der Waals surface area contributed by atoms with Gasteiger partial charge in [0.2, 0.25) is 0 Å². The molecule has 0 spiro atoms. The minimum absolute atomic E-state index is 0. The minimum Gasteiger partial charge on any atom is -0.550 e. The maximum absolute atomic E-state index is 8.89. The van der Waals surface area contributed by atoms with Crippen LogP contribution in [0, 0.1) is 0 Å². The summed E-state index contributed by atoms with van der Waals surface area (Å²) in [4.78, 5) is 8.89. The Morgan fingerprint density at radius 1 is 2.00 bits per heavy atom. The molecule has 0 bridgehead atoms. The van der Waals surface area contributed by atoms with Crippen molar-refractivity contribution >= 4 is 5.97 Å². The van der Waals surface area contributed by atoms with Gasteiger partial charge in [0.05, 0.1) is 0 Å². The first-order chi connectivity index (χ1) is 1.73. The molecule has 3 heteroatoms. The predicted molar refractivity (Wildman–Crippen MR) is 17.0 cm³/mol. The molecule has 0 unspecified atom stereocenters. The molecule has 0 atom stereocenters. The third-order valence-electron chi connectivity index (χ3n) is 0. The molecule has 0 amide bonds. The fraction of sp³-hybridized carbons (Fsp3) is 0.500. The van der Waals surface area contributed by atoms with Gasteiger partial charge in [-0.25, -0.2) is 0 Å². The van der Waals surface area contributed by atoms with E-state index in [1.807, 2.05) is 0 Å². The number of rotatable bonds is 0. The standard InChI is InChI=1S/C2H4O2.Na.3H2/c1-2(3)4;;;;/h1H3,(H,3,4);;3*1H/q;+1;;;/p-1. The molecule has 0 aliphatic heterocycles. The van der Waals surface area contributed by atoms with E-state index in [0.29, 0.717) is 0 Å². The van der Waals surface area contributed by atoms with Crippen LogP contribution in [-0.2, 0) is 4.79 Å². The van der Waals surface area contributed by atoms with Crippen LogP contribution < -0.4 is 34.7 Å². The molecule has 0 radical (unpaired) electrons. The summed E-state index contributed by atoms with van der Waals surface area (Å²) >= 11 is 0. The van der Waals surface area contributed by atoms with Crippen molar-refractivity contribution in [1.29, 1.82) is 0 Å². The zero-order valence-corrected chi connectivity index (χ0v) is 5.32. The Bertz CT molecular complexity index is 38.3. The number of hydrogen-bond donors (Lipinski definition) is 0. The van der Waals surface area contributed by atoms with E-state index < -0.39 is 5.97 Å². The summed E-state index contributed by atoms with van der Waals surface area (Å²) in [5.41, 5.74) is 0. The molecule has 0 aliphatic rings. The normalized spacial score (nSPS) is 5.00. The van der Waals surface area contributed by atoms with Gasteiger partial charge in [-0.15, -0.1) is 0 Å². The van der Waals surface area contributed by atoms with Crippen molar-refractivity contribution in [2.45, 2.75) is 6.92 Å². The van der Waals surface area contributed by atoms with Crippen molar-refractivity contribution in [3.8, 4) is 0 Å². The SMILES string of the molecule is CC(=O)[O-].[HH].[HH].[HH].[Na+]. The molecule has 5 heavy (non-hydrogen) atoms. The first-order valence-corrected chi connectivity index (χ1v) is 0.908. The molecule has 0 aromatic heterocycles. The first kappa shape index (κ1) is 9.08. The third-order valence-corrected chi connectivity index (χ3v) is 0. The van der Waals surface area contributed by atoms with Gasteiger partial charge < -0.3 is 9.90 Å². The zero-order valence-electron chi connectivity index (χ0n) is 3.32. The first-order valence-electron chi connectivity index (χ1n) is 0.908. The number of carboxylic acid groups (broad SMARTS) is 1. The van der Waals surface area contributed by atoms with E-state index >= 15 is 0 Å². The summed E-state index contributed by atoms with van der Waals surface area (Å²) in [5.74, 6) is -1.08. The van der Waals surface area contributed by atoms with Crippen molar-refractivity contribution in [2.24, 2.45) is 0 Å². The van der Waals surface area contributed by atoms with Gasteiger partial charge in [0.25, 0.3) is 0 Å². The van der Waals surface area contributed by atoms with Crippen molar-refractivity contribution in [2.75, 3.05) is 0 Å². The van der Waals surface area contributed by atoms with Crippen molar-refractivity contribution in [3.05, 3.63) is 0 Å². The van der Waals surface area contributed by atoms with Gasteiger partial charge in [-0.1, -0.05) is 0 Å². The van der Waals surface area contributed by atoms with Crippen LogP contribution in [0.4, 0.5) is 0 Å². The van der Waals surface area contributed by atoms with Crippen LogP contribution in [0.15, 0.2) is 0 Å².